The van der Waals surface area contributed by atoms with E-state index >= 15 is 0 Å². The van der Waals surface area contributed by atoms with Crippen LogP contribution >= 0.6 is 0 Å². The molecule has 3 N–H and O–H groups in total. The van der Waals surface area contributed by atoms with Gasteiger partial charge in [0, 0.05) is 26.5 Å². The zero-order chi connectivity index (χ0) is 18.4. The molecule has 10 heteroatoms. The second kappa shape index (κ2) is 8.21. The van der Waals surface area contributed by atoms with Crippen LogP contribution in [0.3, 0.4) is 0 Å². The molecule has 0 spiro atoms. The van der Waals surface area contributed by atoms with E-state index in [1.165, 1.54) is 30.1 Å². The van der Waals surface area contributed by atoms with E-state index in [-0.39, 0.29) is 35.9 Å². The molecule has 0 saturated carbocycles. The van der Waals surface area contributed by atoms with Crippen LogP contribution in [-0.4, -0.2) is 61.2 Å². The highest BCUT2D eigenvalue weighted by Crippen LogP contribution is 2.19. The summed E-state index contributed by atoms with van der Waals surface area (Å²) in [6, 6.07) is 3.74. The van der Waals surface area contributed by atoms with Crippen molar-refractivity contribution in [3.8, 4) is 5.69 Å². The number of hydrogen-bond donors (Lipinski definition) is 3. The summed E-state index contributed by atoms with van der Waals surface area (Å²) in [7, 11) is -2.45. The van der Waals surface area contributed by atoms with Gasteiger partial charge < -0.3 is 14.9 Å². The fourth-order valence-corrected chi connectivity index (χ4v) is 3.19. The highest BCUT2D eigenvalue weighted by molar-refractivity contribution is 7.89. The molecule has 1 aromatic carbocycles. The molecular formula is C15H19N3O6S. The summed E-state index contributed by atoms with van der Waals surface area (Å²) >= 11 is 0. The molecule has 9 nitrogen and oxygen atoms in total. The van der Waals surface area contributed by atoms with Crippen molar-refractivity contribution in [3.63, 3.8) is 0 Å². The lowest BCUT2D eigenvalue weighted by molar-refractivity contribution is 0.0696. The monoisotopic (exact) mass is 369 g/mol. The molecule has 0 fully saturated rings. The van der Waals surface area contributed by atoms with Gasteiger partial charge in [0.1, 0.15) is 0 Å². The molecule has 0 radical (unpaired) electrons. The Balaban J connectivity index is 2.43. The molecule has 0 aliphatic rings. The molecule has 0 amide bonds. The number of rotatable bonds is 9. The zero-order valence-electron chi connectivity index (χ0n) is 13.5. The fourth-order valence-electron chi connectivity index (χ4n) is 2.12. The molecule has 0 aliphatic heterocycles. The highest BCUT2D eigenvalue weighted by Gasteiger charge is 2.18. The van der Waals surface area contributed by atoms with Crippen LogP contribution in [0.15, 0.2) is 35.5 Å². The third-order valence-corrected chi connectivity index (χ3v) is 4.79. The lowest BCUT2D eigenvalue weighted by Gasteiger charge is -2.10. The number of aliphatic hydroxyl groups excluding tert-OH is 1. The van der Waals surface area contributed by atoms with E-state index in [0.29, 0.717) is 6.42 Å². The number of nitrogens with one attached hydrogen (secondary N) is 1. The first-order chi connectivity index (χ1) is 11.9. The average Bonchev–Trinajstić information content (AvgIpc) is 3.03. The summed E-state index contributed by atoms with van der Waals surface area (Å²) in [4.78, 5) is 11.2. The van der Waals surface area contributed by atoms with Crippen LogP contribution in [-0.2, 0) is 21.2 Å². The van der Waals surface area contributed by atoms with Crippen LogP contribution in [0.2, 0.25) is 0 Å². The molecule has 0 atom stereocenters. The van der Waals surface area contributed by atoms with Gasteiger partial charge in [-0.15, -0.1) is 0 Å². The van der Waals surface area contributed by atoms with Crippen molar-refractivity contribution in [2.45, 2.75) is 11.3 Å². The van der Waals surface area contributed by atoms with Gasteiger partial charge in [0.15, 0.2) is 0 Å². The lowest BCUT2D eigenvalue weighted by Crippen LogP contribution is -2.27. The SMILES string of the molecule is COCCNS(=O)(=O)c1cc(C(=O)O)cc(-n2cc(CCO)cn2)c1. The number of methoxy groups -OCH3 is 1. The van der Waals surface area contributed by atoms with Crippen LogP contribution < -0.4 is 4.72 Å². The van der Waals surface area contributed by atoms with Crippen LogP contribution in [0, 0.1) is 0 Å². The van der Waals surface area contributed by atoms with Gasteiger partial charge in [0.05, 0.1) is 29.0 Å². The Bertz CT molecular complexity index is 847. The van der Waals surface area contributed by atoms with Gasteiger partial charge in [0.25, 0.3) is 0 Å². The third-order valence-electron chi connectivity index (χ3n) is 3.35. The van der Waals surface area contributed by atoms with Gasteiger partial charge in [-0.1, -0.05) is 0 Å². The molecule has 136 valence electrons. The number of aromatic nitrogens is 2. The summed E-state index contributed by atoms with van der Waals surface area (Å²) in [5.74, 6) is -1.25. The number of aromatic carboxylic acids is 1. The Morgan fingerprint density at radius 3 is 2.76 bits per heavy atom. The van der Waals surface area contributed by atoms with E-state index in [4.69, 9.17) is 9.84 Å². The number of carboxylic acid groups (broad SMARTS) is 1. The second-order valence-electron chi connectivity index (χ2n) is 5.18. The summed E-state index contributed by atoms with van der Waals surface area (Å²) in [5.41, 5.74) is 0.853. The predicted molar refractivity (Wildman–Crippen MR) is 88.4 cm³/mol. The van der Waals surface area contributed by atoms with Gasteiger partial charge >= 0.3 is 5.97 Å². The van der Waals surface area contributed by atoms with Crippen molar-refractivity contribution in [1.29, 1.82) is 0 Å². The van der Waals surface area contributed by atoms with Crippen LogP contribution in [0.1, 0.15) is 15.9 Å². The van der Waals surface area contributed by atoms with Gasteiger partial charge in [-0.25, -0.2) is 22.6 Å². The maximum Gasteiger partial charge on any atom is 0.335 e. The van der Waals surface area contributed by atoms with E-state index in [1.54, 1.807) is 6.20 Å². The molecule has 1 aromatic heterocycles. The number of aliphatic hydroxyl groups is 1. The minimum absolute atomic E-state index is 0.0517. The smallest absolute Gasteiger partial charge is 0.335 e. The van der Waals surface area contributed by atoms with Crippen molar-refractivity contribution in [1.82, 2.24) is 14.5 Å². The standard InChI is InChI=1S/C15H19N3O6S/c1-24-5-3-17-25(22,23)14-7-12(15(20)21)6-13(8-14)18-10-11(2-4-19)9-16-18/h6-10,17,19H,2-5H2,1H3,(H,20,21). The molecule has 0 unspecified atom stereocenters. The fraction of sp³-hybridized carbons (Fsp3) is 0.333. The molecule has 0 bridgehead atoms. The first kappa shape index (κ1) is 19.1. The zero-order valence-corrected chi connectivity index (χ0v) is 14.4. The number of benzene rings is 1. The maximum atomic E-state index is 12.4. The Labute approximate surface area is 144 Å². The van der Waals surface area contributed by atoms with Crippen molar-refractivity contribution in [3.05, 3.63) is 41.7 Å². The Hall–Kier alpha value is -2.27. The molecule has 0 saturated heterocycles. The van der Waals surface area contributed by atoms with Crippen molar-refractivity contribution in [2.75, 3.05) is 26.9 Å². The van der Waals surface area contributed by atoms with Crippen LogP contribution in [0.4, 0.5) is 0 Å². The van der Waals surface area contributed by atoms with Crippen molar-refractivity contribution >= 4 is 16.0 Å². The number of hydrogen-bond acceptors (Lipinski definition) is 6. The van der Waals surface area contributed by atoms with Gasteiger partial charge in [-0.2, -0.15) is 5.10 Å². The first-order valence-electron chi connectivity index (χ1n) is 7.39. The van der Waals surface area contributed by atoms with E-state index < -0.39 is 16.0 Å². The second-order valence-corrected chi connectivity index (χ2v) is 6.95. The van der Waals surface area contributed by atoms with Crippen molar-refractivity contribution < 1.29 is 28.2 Å². The highest BCUT2D eigenvalue weighted by atomic mass is 32.2. The Morgan fingerprint density at radius 1 is 1.36 bits per heavy atom. The van der Waals surface area contributed by atoms with E-state index in [9.17, 15) is 18.3 Å². The quantitative estimate of drug-likeness (QED) is 0.532. The predicted octanol–water partition coefficient (Wildman–Crippen LogP) is 0.0300. The molecule has 0 aliphatic carbocycles. The largest absolute Gasteiger partial charge is 0.478 e. The van der Waals surface area contributed by atoms with Crippen LogP contribution in [0.25, 0.3) is 5.69 Å². The third kappa shape index (κ3) is 4.86. The maximum absolute atomic E-state index is 12.4. The number of carbonyl (C=O) groups is 1. The average molecular weight is 369 g/mol. The van der Waals surface area contributed by atoms with Crippen molar-refractivity contribution in [2.24, 2.45) is 0 Å². The molecule has 25 heavy (non-hydrogen) atoms. The minimum atomic E-state index is -3.90. The molecule has 2 aromatic rings. The Morgan fingerprint density at radius 2 is 2.12 bits per heavy atom. The summed E-state index contributed by atoms with van der Waals surface area (Å²) in [5, 5.41) is 22.3. The van der Waals surface area contributed by atoms with E-state index in [2.05, 4.69) is 9.82 Å². The molecular weight excluding hydrogens is 350 g/mol. The van der Waals surface area contributed by atoms with Gasteiger partial charge in [-0.3, -0.25) is 0 Å². The summed E-state index contributed by atoms with van der Waals surface area (Å²) in [6.07, 6.45) is 3.52. The van der Waals surface area contributed by atoms with E-state index in [1.807, 2.05) is 0 Å². The normalized spacial score (nSPS) is 11.6. The topological polar surface area (TPSA) is 131 Å². The minimum Gasteiger partial charge on any atom is -0.478 e. The summed E-state index contributed by atoms with van der Waals surface area (Å²) < 4.78 is 33.2. The molecule has 2 rings (SSSR count). The number of sulfonamides is 1. The molecule has 1 heterocycles. The van der Waals surface area contributed by atoms with Gasteiger partial charge in [0.2, 0.25) is 10.0 Å². The Kier molecular flexibility index (Phi) is 6.26. The lowest BCUT2D eigenvalue weighted by atomic mass is 10.2. The number of carboxylic acids is 1. The van der Waals surface area contributed by atoms with E-state index in [0.717, 1.165) is 11.6 Å². The van der Waals surface area contributed by atoms with Gasteiger partial charge in [-0.05, 0) is 30.2 Å². The number of ether oxygens (including phenoxy) is 1. The number of nitrogens with zero attached hydrogens (tertiary/aromatic N) is 2. The van der Waals surface area contributed by atoms with Crippen LogP contribution in [0.5, 0.6) is 0 Å². The first-order valence-corrected chi connectivity index (χ1v) is 8.87. The summed E-state index contributed by atoms with van der Waals surface area (Å²) in [6.45, 7) is 0.201.